The number of hydrogen-bond donors (Lipinski definition) is 2. The summed E-state index contributed by atoms with van der Waals surface area (Å²) < 4.78 is 44.1. The first kappa shape index (κ1) is 21.2. The molecule has 32 heavy (non-hydrogen) atoms. The van der Waals surface area contributed by atoms with Crippen LogP contribution in [0.3, 0.4) is 0 Å². The molecule has 0 radical (unpaired) electrons. The Balaban J connectivity index is 1.60. The molecule has 0 fully saturated rings. The summed E-state index contributed by atoms with van der Waals surface area (Å²) in [5.41, 5.74) is 13.1. The number of hydrogen-bond acceptors (Lipinski definition) is 6. The summed E-state index contributed by atoms with van der Waals surface area (Å²) in [6.45, 7) is 0. The fraction of sp³-hybridized carbons (Fsp3) is 0.0909. The fourth-order valence-electron chi connectivity index (χ4n) is 3.27. The molecule has 4 N–H and O–H groups in total. The number of nitrogens with zero attached hydrogens (tertiary/aromatic N) is 3. The van der Waals surface area contributed by atoms with Crippen molar-refractivity contribution in [1.29, 1.82) is 0 Å². The van der Waals surface area contributed by atoms with Gasteiger partial charge in [0.1, 0.15) is 17.3 Å². The Hall–Kier alpha value is -4.05. The number of pyridine rings is 1. The van der Waals surface area contributed by atoms with Crippen LogP contribution < -0.4 is 25.8 Å². The van der Waals surface area contributed by atoms with E-state index in [4.69, 9.17) is 16.2 Å². The van der Waals surface area contributed by atoms with E-state index in [-0.39, 0.29) is 16.2 Å². The van der Waals surface area contributed by atoms with Gasteiger partial charge < -0.3 is 20.6 Å². The lowest BCUT2D eigenvalue weighted by Crippen LogP contribution is -2.43. The maximum atomic E-state index is 12.9. The maximum Gasteiger partial charge on any atom is 0.478 e. The molecule has 2 heterocycles. The largest absolute Gasteiger partial charge is 0.618 e. The molecular formula is C22H18F3N5O2. The first-order valence-corrected chi connectivity index (χ1v) is 9.46. The summed E-state index contributed by atoms with van der Waals surface area (Å²) in [6.07, 6.45) is -3.10. The van der Waals surface area contributed by atoms with Gasteiger partial charge in [0.15, 0.2) is 12.5 Å². The highest BCUT2D eigenvalue weighted by Crippen LogP contribution is 2.33. The number of alkyl halides is 3. The average Bonchev–Trinajstić information content (AvgIpc) is 2.75. The van der Waals surface area contributed by atoms with E-state index in [0.29, 0.717) is 17.6 Å². The molecule has 164 valence electrons. The summed E-state index contributed by atoms with van der Waals surface area (Å²) in [7, 11) is 0. The molecular weight excluding hydrogens is 423 g/mol. The monoisotopic (exact) mass is 441 g/mol. The molecule has 10 heteroatoms. The third-order valence-corrected chi connectivity index (χ3v) is 4.69. The highest BCUT2D eigenvalue weighted by Gasteiger charge is 2.40. The fourth-order valence-corrected chi connectivity index (χ4v) is 3.27. The normalized spacial score (nSPS) is 16.4. The summed E-state index contributed by atoms with van der Waals surface area (Å²) in [5.74, 6) is 0.464. The van der Waals surface area contributed by atoms with Crippen LogP contribution in [-0.2, 0) is 6.18 Å². The van der Waals surface area contributed by atoms with Crippen molar-refractivity contribution in [3.63, 3.8) is 0 Å². The van der Waals surface area contributed by atoms with Crippen LogP contribution in [0.25, 0.3) is 5.70 Å². The van der Waals surface area contributed by atoms with Crippen molar-refractivity contribution in [1.82, 2.24) is 0 Å². The maximum absolute atomic E-state index is 12.9. The van der Waals surface area contributed by atoms with Crippen molar-refractivity contribution in [2.75, 3.05) is 4.90 Å². The van der Waals surface area contributed by atoms with Gasteiger partial charge in [0.25, 0.3) is 0 Å². The second-order valence-electron chi connectivity index (χ2n) is 6.90. The van der Waals surface area contributed by atoms with Crippen LogP contribution in [0.4, 0.5) is 18.9 Å². The smallest absolute Gasteiger partial charge is 0.478 e. The van der Waals surface area contributed by atoms with Crippen molar-refractivity contribution < 1.29 is 22.6 Å². The summed E-state index contributed by atoms with van der Waals surface area (Å²) >= 11 is 0. The summed E-state index contributed by atoms with van der Waals surface area (Å²) in [6, 6.07) is 17.9. The Morgan fingerprint density at radius 1 is 1.00 bits per heavy atom. The van der Waals surface area contributed by atoms with E-state index >= 15 is 0 Å². The quantitative estimate of drug-likeness (QED) is 0.476. The van der Waals surface area contributed by atoms with Crippen LogP contribution in [0.1, 0.15) is 11.3 Å². The third kappa shape index (κ3) is 4.35. The molecule has 1 unspecified atom stereocenters. The number of anilines is 1. The predicted molar refractivity (Wildman–Crippen MR) is 113 cm³/mol. The molecule has 4 rings (SSSR count). The molecule has 1 aliphatic rings. The lowest BCUT2D eigenvalue weighted by atomic mass is 10.1. The van der Waals surface area contributed by atoms with Gasteiger partial charge >= 0.3 is 11.9 Å². The zero-order chi connectivity index (χ0) is 22.9. The van der Waals surface area contributed by atoms with Crippen molar-refractivity contribution in [3.8, 4) is 11.5 Å². The molecule has 0 amide bonds. The van der Waals surface area contributed by atoms with Gasteiger partial charge in [-0.2, -0.15) is 17.9 Å². The molecule has 0 saturated carbocycles. The number of aliphatic imine (C=N–C) groups is 1. The third-order valence-electron chi connectivity index (χ3n) is 4.69. The van der Waals surface area contributed by atoms with Gasteiger partial charge in [0.05, 0.1) is 11.8 Å². The topological polar surface area (TPSA) is 104 Å². The van der Waals surface area contributed by atoms with E-state index in [0.717, 1.165) is 23.5 Å². The van der Waals surface area contributed by atoms with Gasteiger partial charge in [-0.1, -0.05) is 30.3 Å². The van der Waals surface area contributed by atoms with E-state index in [1.807, 2.05) is 30.3 Å². The van der Waals surface area contributed by atoms with Crippen LogP contribution in [0.5, 0.6) is 11.5 Å². The molecule has 0 spiro atoms. The van der Waals surface area contributed by atoms with E-state index in [1.165, 1.54) is 0 Å². The second-order valence-corrected chi connectivity index (χ2v) is 6.90. The van der Waals surface area contributed by atoms with Crippen molar-refractivity contribution in [3.05, 3.63) is 95.5 Å². The minimum Gasteiger partial charge on any atom is -0.618 e. The minimum atomic E-state index is -4.79. The number of rotatable bonds is 4. The van der Waals surface area contributed by atoms with Gasteiger partial charge in [-0.15, -0.1) is 0 Å². The van der Waals surface area contributed by atoms with Crippen LogP contribution >= 0.6 is 0 Å². The molecule has 1 atom stereocenters. The van der Waals surface area contributed by atoms with Crippen LogP contribution in [-0.4, -0.2) is 12.1 Å². The van der Waals surface area contributed by atoms with Crippen molar-refractivity contribution in [2.24, 2.45) is 16.5 Å². The van der Waals surface area contributed by atoms with Gasteiger partial charge in [0.2, 0.25) is 0 Å². The molecule has 0 saturated heterocycles. The van der Waals surface area contributed by atoms with E-state index in [2.05, 4.69) is 4.99 Å². The van der Waals surface area contributed by atoms with Gasteiger partial charge in [-0.3, -0.25) is 5.73 Å². The number of amidine groups is 1. The molecule has 1 aromatic heterocycles. The van der Waals surface area contributed by atoms with E-state index in [9.17, 15) is 18.4 Å². The lowest BCUT2D eigenvalue weighted by Gasteiger charge is -2.33. The zero-order valence-electron chi connectivity index (χ0n) is 16.5. The Morgan fingerprint density at radius 3 is 2.34 bits per heavy atom. The van der Waals surface area contributed by atoms with Gasteiger partial charge in [0, 0.05) is 17.8 Å². The Labute approximate surface area is 181 Å². The first-order chi connectivity index (χ1) is 15.2. The Bertz CT molecular complexity index is 1180. The zero-order valence-corrected chi connectivity index (χ0v) is 16.5. The van der Waals surface area contributed by atoms with Crippen LogP contribution in [0.15, 0.2) is 84.0 Å². The molecule has 2 aromatic carbocycles. The molecule has 3 aromatic rings. The molecule has 7 nitrogen and oxygen atoms in total. The lowest BCUT2D eigenvalue weighted by molar-refractivity contribution is -0.629. The van der Waals surface area contributed by atoms with Crippen molar-refractivity contribution in [2.45, 2.75) is 12.5 Å². The van der Waals surface area contributed by atoms with E-state index in [1.54, 1.807) is 35.2 Å². The summed E-state index contributed by atoms with van der Waals surface area (Å²) in [4.78, 5) is 5.98. The number of ether oxygens (including phenoxy) is 1. The molecule has 1 aliphatic heterocycles. The summed E-state index contributed by atoms with van der Waals surface area (Å²) in [5, 5.41) is 11.4. The number of nitrogens with two attached hydrogens (primary N) is 2. The highest BCUT2D eigenvalue weighted by atomic mass is 19.4. The van der Waals surface area contributed by atoms with Gasteiger partial charge in [-0.25, -0.2) is 4.99 Å². The number of benzene rings is 2. The van der Waals surface area contributed by atoms with Crippen LogP contribution in [0.2, 0.25) is 0 Å². The Kier molecular flexibility index (Phi) is 5.45. The van der Waals surface area contributed by atoms with Crippen molar-refractivity contribution >= 4 is 17.2 Å². The first-order valence-electron chi connectivity index (χ1n) is 9.46. The SMILES string of the molecule is NC1=NC(N)N(c2ccc(Oc3cc[n+]([O-])c(C(F)(F)F)c3)cc2)C(c2ccccc2)=C1. The van der Waals surface area contributed by atoms with Gasteiger partial charge in [-0.05, 0) is 29.8 Å². The van der Waals surface area contributed by atoms with Crippen LogP contribution in [0, 0.1) is 5.21 Å². The second kappa shape index (κ2) is 8.23. The van der Waals surface area contributed by atoms with E-state index < -0.39 is 18.2 Å². The number of aromatic nitrogens is 1. The number of halogens is 3. The average molecular weight is 441 g/mol. The predicted octanol–water partition coefficient (Wildman–Crippen LogP) is 3.59. The Morgan fingerprint density at radius 2 is 1.69 bits per heavy atom. The highest BCUT2D eigenvalue weighted by molar-refractivity contribution is 6.02. The molecule has 0 aliphatic carbocycles. The minimum absolute atomic E-state index is 0.117. The standard InChI is InChI=1S/C22H18F3N5O2/c23-22(24,25)19-12-17(10-11-29(19)31)32-16-8-6-15(7-9-16)30-18(13-20(26)28-21(30)27)14-4-2-1-3-5-14/h1-13,21H,27H2,(H2,26,28). The molecule has 0 bridgehead atoms.